The first-order chi connectivity index (χ1) is 11.5. The number of rotatable bonds is 5. The van der Waals surface area contributed by atoms with Crippen LogP contribution in [-0.2, 0) is 9.37 Å². The van der Waals surface area contributed by atoms with Crippen molar-refractivity contribution in [2.75, 3.05) is 0 Å². The van der Waals surface area contributed by atoms with Gasteiger partial charge in [0.05, 0.1) is 12.0 Å². The number of nitrogens with zero attached hydrogens (tertiary/aromatic N) is 3. The summed E-state index contributed by atoms with van der Waals surface area (Å²) in [5, 5.41) is 48.7. The first-order valence-corrected chi connectivity index (χ1v) is 6.96. The van der Waals surface area contributed by atoms with Gasteiger partial charge >= 0.3 is 29.6 Å². The number of azo groups is 1. The van der Waals surface area contributed by atoms with Crippen molar-refractivity contribution >= 4 is 23.4 Å². The monoisotopic (exact) mass is 372 g/mol. The van der Waals surface area contributed by atoms with Gasteiger partial charge in [-0.25, -0.2) is 0 Å². The van der Waals surface area contributed by atoms with Crippen molar-refractivity contribution in [2.24, 2.45) is 10.2 Å². The fraction of sp³-hybridized carbons (Fsp3) is 0.0769. The van der Waals surface area contributed by atoms with Crippen LogP contribution in [0.15, 0.2) is 38.1 Å². The number of H-pyrrole nitrogens is 1. The third-order valence-corrected chi connectivity index (χ3v) is 3.46. The molecule has 124 valence electrons. The molecule has 1 aromatic carbocycles. The van der Waals surface area contributed by atoms with Crippen LogP contribution >= 0.6 is 12.0 Å². The fourth-order valence-corrected chi connectivity index (χ4v) is 2.13. The summed E-state index contributed by atoms with van der Waals surface area (Å²) < 4.78 is 4.15. The Bertz CT molecular complexity index is 895. The van der Waals surface area contributed by atoms with Gasteiger partial charge in [0.15, 0.2) is 5.69 Å². The predicted octanol–water partition coefficient (Wildman–Crippen LogP) is -1.38. The minimum Gasteiger partial charge on any atom is -0.691 e. The Balaban J connectivity index is 0.00000312. The number of aromatic nitrogens is 1. The summed E-state index contributed by atoms with van der Waals surface area (Å²) in [4.78, 5) is 14.3. The fourth-order valence-electron chi connectivity index (χ4n) is 1.74. The molecule has 12 heteroatoms. The van der Waals surface area contributed by atoms with Crippen molar-refractivity contribution < 1.29 is 54.4 Å². The maximum absolute atomic E-state index is 11.8. The minimum atomic E-state index is -0.749. The van der Waals surface area contributed by atoms with E-state index in [0.29, 0.717) is 16.9 Å². The molecule has 0 aliphatic rings. The molecule has 25 heavy (non-hydrogen) atoms. The minimum absolute atomic E-state index is 0. The van der Waals surface area contributed by atoms with E-state index in [1.165, 1.54) is 25.1 Å². The first kappa shape index (κ1) is 21.1. The van der Waals surface area contributed by atoms with E-state index in [2.05, 4.69) is 24.6 Å². The second-order valence-electron chi connectivity index (χ2n) is 4.33. The Morgan fingerprint density at radius 2 is 2.08 bits per heavy atom. The topological polar surface area (TPSA) is 163 Å². The molecule has 1 aromatic heterocycles. The van der Waals surface area contributed by atoms with Crippen LogP contribution in [0, 0.1) is 18.3 Å². The number of aromatic hydroxyl groups is 2. The number of nitriles is 1. The zero-order chi connectivity index (χ0) is 17.7. The summed E-state index contributed by atoms with van der Waals surface area (Å²) in [7, 11) is 0. The Hall–Kier alpha value is -1.91. The largest absolute Gasteiger partial charge is 1.00 e. The summed E-state index contributed by atoms with van der Waals surface area (Å²) in [5.74, 6) is -0.797. The van der Waals surface area contributed by atoms with E-state index in [1.807, 2.05) is 0 Å². The molecule has 0 spiro atoms. The van der Waals surface area contributed by atoms with E-state index in [4.69, 9.17) is 5.26 Å². The third kappa shape index (κ3) is 5.03. The van der Waals surface area contributed by atoms with Crippen LogP contribution in [0.4, 0.5) is 11.4 Å². The maximum atomic E-state index is 11.8. The number of phenols is 1. The van der Waals surface area contributed by atoms with Crippen molar-refractivity contribution in [3.8, 4) is 17.7 Å². The van der Waals surface area contributed by atoms with Gasteiger partial charge < -0.3 is 15.5 Å². The molecule has 0 aliphatic carbocycles. The number of phenolic OH excluding ortho intramolecular Hbond substituents is 1. The molecular weight excluding hydrogens is 363 g/mol. The SMILES string of the molecule is Cc1c(C#N)c(O)[nH]c(=O)c1N=Nc1cc(SOO[O-])ccc1O.[Na+]. The summed E-state index contributed by atoms with van der Waals surface area (Å²) in [6, 6.07) is 5.78. The maximum Gasteiger partial charge on any atom is 1.00 e. The average Bonchev–Trinajstić information content (AvgIpc) is 2.55. The Kier molecular flexibility index (Phi) is 8.07. The molecule has 3 N–H and O–H groups in total. The average molecular weight is 372 g/mol. The number of hydrogen-bond donors (Lipinski definition) is 3. The van der Waals surface area contributed by atoms with Gasteiger partial charge in [0, 0.05) is 10.5 Å². The number of benzene rings is 1. The summed E-state index contributed by atoms with van der Waals surface area (Å²) in [6.07, 6.45) is 0. The van der Waals surface area contributed by atoms with Gasteiger partial charge in [0.1, 0.15) is 23.1 Å². The van der Waals surface area contributed by atoms with Crippen molar-refractivity contribution in [3.63, 3.8) is 0 Å². The van der Waals surface area contributed by atoms with Crippen LogP contribution in [0.1, 0.15) is 11.1 Å². The number of pyridine rings is 1. The molecule has 0 unspecified atom stereocenters. The Morgan fingerprint density at radius 1 is 1.36 bits per heavy atom. The van der Waals surface area contributed by atoms with Gasteiger partial charge in [0.2, 0.25) is 5.88 Å². The molecule has 2 aromatic rings. The molecule has 0 saturated carbocycles. The molecular formula is C13H9N4NaO6S. The summed E-state index contributed by atoms with van der Waals surface area (Å²) in [5.41, 5.74) is -0.963. The standard InChI is InChI=1S/C13H10N4O6S.Na/c1-6-8(5-14)12(19)15-13(20)11(6)17-16-9-4-7(24-23-22-21)2-3-10(9)18;/h2-4,18,21H,1H3,(H2,15,19,20);/q;+1/p-1. The van der Waals surface area contributed by atoms with Gasteiger partial charge in [-0.2, -0.15) is 9.60 Å². The van der Waals surface area contributed by atoms with E-state index < -0.39 is 11.4 Å². The second-order valence-corrected chi connectivity index (χ2v) is 5.11. The molecule has 2 rings (SSSR count). The van der Waals surface area contributed by atoms with Gasteiger partial charge in [-0.15, -0.1) is 10.2 Å². The molecule has 0 saturated heterocycles. The predicted molar refractivity (Wildman–Crippen MR) is 78.5 cm³/mol. The molecule has 10 nitrogen and oxygen atoms in total. The normalized spacial score (nSPS) is 10.4. The van der Waals surface area contributed by atoms with Crippen LogP contribution < -0.4 is 40.4 Å². The van der Waals surface area contributed by atoms with E-state index in [1.54, 1.807) is 6.07 Å². The van der Waals surface area contributed by atoms with Gasteiger partial charge in [-0.05, 0) is 25.1 Å². The van der Waals surface area contributed by atoms with E-state index >= 15 is 0 Å². The third-order valence-electron chi connectivity index (χ3n) is 2.89. The molecule has 0 bridgehead atoms. The van der Waals surface area contributed by atoms with Crippen LogP contribution in [0.5, 0.6) is 11.6 Å². The molecule has 0 fully saturated rings. The smallest absolute Gasteiger partial charge is 0.691 e. The number of hydrogen-bond acceptors (Lipinski definition) is 10. The molecule has 1 heterocycles. The second kappa shape index (κ2) is 9.54. The van der Waals surface area contributed by atoms with Crippen LogP contribution in [0.2, 0.25) is 0 Å². The van der Waals surface area contributed by atoms with Crippen LogP contribution in [0.25, 0.3) is 0 Å². The van der Waals surface area contributed by atoms with Crippen LogP contribution in [-0.4, -0.2) is 15.2 Å². The van der Waals surface area contributed by atoms with Gasteiger partial charge in [-0.1, -0.05) is 0 Å². The molecule has 0 radical (unpaired) electrons. The van der Waals surface area contributed by atoms with Gasteiger partial charge in [-0.3, -0.25) is 14.8 Å². The van der Waals surface area contributed by atoms with E-state index in [9.17, 15) is 20.3 Å². The number of aromatic amines is 1. The zero-order valence-corrected chi connectivity index (χ0v) is 15.8. The van der Waals surface area contributed by atoms with E-state index in [-0.39, 0.29) is 57.8 Å². The van der Waals surface area contributed by atoms with E-state index in [0.717, 1.165) is 0 Å². The number of nitrogens with one attached hydrogen (secondary N) is 1. The van der Waals surface area contributed by atoms with Gasteiger partial charge in [0.25, 0.3) is 5.56 Å². The first-order valence-electron chi connectivity index (χ1n) is 6.21. The molecule has 0 amide bonds. The van der Waals surface area contributed by atoms with Crippen molar-refractivity contribution in [1.29, 1.82) is 5.26 Å². The van der Waals surface area contributed by atoms with Crippen molar-refractivity contribution in [1.82, 2.24) is 4.98 Å². The van der Waals surface area contributed by atoms with Crippen LogP contribution in [0.3, 0.4) is 0 Å². The quantitative estimate of drug-likeness (QED) is 0.190. The van der Waals surface area contributed by atoms with Crippen molar-refractivity contribution in [2.45, 2.75) is 11.8 Å². The summed E-state index contributed by atoms with van der Waals surface area (Å²) >= 11 is 0.588. The summed E-state index contributed by atoms with van der Waals surface area (Å²) in [6.45, 7) is 1.42. The molecule has 0 atom stereocenters. The zero-order valence-electron chi connectivity index (χ0n) is 13.0. The molecule has 0 aliphatic heterocycles. The Morgan fingerprint density at radius 3 is 2.72 bits per heavy atom. The Labute approximate surface area is 167 Å². The van der Waals surface area contributed by atoms with Crippen molar-refractivity contribution in [3.05, 3.63) is 39.7 Å².